The molecule has 2 aromatic heterocycles. The largest absolute Gasteiger partial charge is 0.350 e. The highest BCUT2D eigenvalue weighted by atomic mass is 16.1. The first-order valence-corrected chi connectivity index (χ1v) is 9.90. The third-order valence-electron chi connectivity index (χ3n) is 5.06. The molecule has 5 nitrogen and oxygen atoms in total. The van der Waals surface area contributed by atoms with Gasteiger partial charge in [-0.1, -0.05) is 55.0 Å². The molecule has 0 aliphatic carbocycles. The van der Waals surface area contributed by atoms with Crippen molar-refractivity contribution in [2.45, 2.75) is 26.8 Å². The fourth-order valence-electron chi connectivity index (χ4n) is 3.48. The van der Waals surface area contributed by atoms with E-state index in [0.29, 0.717) is 18.7 Å². The summed E-state index contributed by atoms with van der Waals surface area (Å²) in [7, 11) is 0. The third-order valence-corrected chi connectivity index (χ3v) is 5.06. The van der Waals surface area contributed by atoms with Crippen LogP contribution in [0, 0.1) is 6.92 Å². The Morgan fingerprint density at radius 1 is 1.10 bits per heavy atom. The van der Waals surface area contributed by atoms with Crippen LogP contribution in [-0.2, 0) is 13.0 Å². The second-order valence-electron chi connectivity index (χ2n) is 7.08. The molecule has 2 heterocycles. The van der Waals surface area contributed by atoms with Crippen molar-refractivity contribution in [3.63, 3.8) is 0 Å². The number of rotatable bonds is 6. The molecule has 0 aliphatic heterocycles. The molecule has 0 radical (unpaired) electrons. The zero-order chi connectivity index (χ0) is 20.2. The number of amides is 1. The van der Waals surface area contributed by atoms with Gasteiger partial charge in [0.05, 0.1) is 16.8 Å². The maximum atomic E-state index is 13.0. The lowest BCUT2D eigenvalue weighted by Gasteiger charge is -2.12. The molecule has 0 saturated carbocycles. The maximum absolute atomic E-state index is 13.0. The second kappa shape index (κ2) is 8.27. The van der Waals surface area contributed by atoms with Gasteiger partial charge in [-0.15, -0.1) is 0 Å². The number of pyridine rings is 1. The Bertz CT molecular complexity index is 1150. The van der Waals surface area contributed by atoms with Gasteiger partial charge in [-0.05, 0) is 19.1 Å². The van der Waals surface area contributed by atoms with Gasteiger partial charge in [-0.25, -0.2) is 9.97 Å². The number of benzene rings is 2. The maximum Gasteiger partial charge on any atom is 0.252 e. The van der Waals surface area contributed by atoms with E-state index in [9.17, 15) is 4.79 Å². The minimum Gasteiger partial charge on any atom is -0.350 e. The fraction of sp³-hybridized carbons (Fsp3) is 0.208. The Kier molecular flexibility index (Phi) is 5.38. The van der Waals surface area contributed by atoms with Gasteiger partial charge in [0, 0.05) is 42.9 Å². The molecule has 0 fully saturated rings. The van der Waals surface area contributed by atoms with Gasteiger partial charge in [0.1, 0.15) is 5.82 Å². The van der Waals surface area contributed by atoms with Crippen molar-refractivity contribution in [2.24, 2.45) is 0 Å². The predicted molar refractivity (Wildman–Crippen MR) is 116 cm³/mol. The number of aryl methyl sites for hydroxylation is 2. The third kappa shape index (κ3) is 4.04. The standard InChI is InChI=1S/C24H24N4O/c1-3-23-25-12-14-28(23)15-13-26-24(29)20-16-22(18-10-8-17(2)9-11-18)27-21-7-5-4-6-19(20)21/h4-12,14,16H,3,13,15H2,1-2H3,(H,26,29). The average Bonchev–Trinajstić information content (AvgIpc) is 3.21. The van der Waals surface area contributed by atoms with E-state index in [0.717, 1.165) is 34.4 Å². The number of para-hydroxylation sites is 1. The first-order chi connectivity index (χ1) is 14.2. The predicted octanol–water partition coefficient (Wildman–Crippen LogP) is 4.40. The zero-order valence-corrected chi connectivity index (χ0v) is 16.7. The van der Waals surface area contributed by atoms with Gasteiger partial charge in [-0.2, -0.15) is 0 Å². The number of fused-ring (bicyclic) bond motifs is 1. The quantitative estimate of drug-likeness (QED) is 0.536. The van der Waals surface area contributed by atoms with E-state index >= 15 is 0 Å². The van der Waals surface area contributed by atoms with Crippen molar-refractivity contribution in [1.29, 1.82) is 0 Å². The first kappa shape index (κ1) is 18.9. The fourth-order valence-corrected chi connectivity index (χ4v) is 3.48. The number of aromatic nitrogens is 3. The summed E-state index contributed by atoms with van der Waals surface area (Å²) in [6.45, 7) is 5.37. The molecule has 29 heavy (non-hydrogen) atoms. The van der Waals surface area contributed by atoms with E-state index < -0.39 is 0 Å². The summed E-state index contributed by atoms with van der Waals surface area (Å²) in [6.07, 6.45) is 4.61. The zero-order valence-electron chi connectivity index (χ0n) is 16.7. The van der Waals surface area contributed by atoms with Crippen molar-refractivity contribution in [2.75, 3.05) is 6.54 Å². The SMILES string of the molecule is CCc1nccn1CCNC(=O)c1cc(-c2ccc(C)cc2)nc2ccccc12. The Labute approximate surface area is 170 Å². The highest BCUT2D eigenvalue weighted by Crippen LogP contribution is 2.25. The molecule has 0 saturated heterocycles. The number of hydrogen-bond acceptors (Lipinski definition) is 3. The molecule has 0 spiro atoms. The lowest BCUT2D eigenvalue weighted by atomic mass is 10.0. The smallest absolute Gasteiger partial charge is 0.252 e. The summed E-state index contributed by atoms with van der Waals surface area (Å²) in [6, 6.07) is 17.9. The molecule has 4 aromatic rings. The van der Waals surface area contributed by atoms with Crippen LogP contribution in [0.3, 0.4) is 0 Å². The van der Waals surface area contributed by atoms with Crippen LogP contribution in [-0.4, -0.2) is 27.0 Å². The minimum atomic E-state index is -0.0878. The van der Waals surface area contributed by atoms with E-state index in [1.54, 1.807) is 6.20 Å². The Hall–Kier alpha value is -3.47. The number of carbonyl (C=O) groups is 1. The topological polar surface area (TPSA) is 59.8 Å². The lowest BCUT2D eigenvalue weighted by molar-refractivity contribution is 0.0954. The van der Waals surface area contributed by atoms with Crippen LogP contribution in [0.25, 0.3) is 22.2 Å². The molecule has 1 N–H and O–H groups in total. The summed E-state index contributed by atoms with van der Waals surface area (Å²) < 4.78 is 2.07. The highest BCUT2D eigenvalue weighted by molar-refractivity contribution is 6.07. The summed E-state index contributed by atoms with van der Waals surface area (Å²) in [5.41, 5.74) is 4.46. The molecule has 5 heteroatoms. The minimum absolute atomic E-state index is 0.0878. The van der Waals surface area contributed by atoms with Crippen molar-refractivity contribution >= 4 is 16.8 Å². The molecule has 2 aromatic carbocycles. The molecule has 0 aliphatic rings. The van der Waals surface area contributed by atoms with Crippen LogP contribution in [0.2, 0.25) is 0 Å². The van der Waals surface area contributed by atoms with Gasteiger partial charge in [-0.3, -0.25) is 4.79 Å². The number of nitrogens with zero attached hydrogens (tertiary/aromatic N) is 3. The average molecular weight is 384 g/mol. The van der Waals surface area contributed by atoms with Crippen LogP contribution in [0.4, 0.5) is 0 Å². The molecule has 4 rings (SSSR count). The Balaban J connectivity index is 1.61. The Morgan fingerprint density at radius 3 is 2.69 bits per heavy atom. The van der Waals surface area contributed by atoms with E-state index in [1.807, 2.05) is 48.7 Å². The molecule has 0 unspecified atom stereocenters. The molecular weight excluding hydrogens is 360 g/mol. The van der Waals surface area contributed by atoms with E-state index in [2.05, 4.69) is 40.8 Å². The summed E-state index contributed by atoms with van der Waals surface area (Å²) in [5.74, 6) is 0.936. The van der Waals surface area contributed by atoms with Crippen molar-refractivity contribution < 1.29 is 4.79 Å². The lowest BCUT2D eigenvalue weighted by Crippen LogP contribution is -2.27. The normalized spacial score (nSPS) is 11.0. The molecule has 1 amide bonds. The number of hydrogen-bond donors (Lipinski definition) is 1. The monoisotopic (exact) mass is 384 g/mol. The van der Waals surface area contributed by atoms with Crippen molar-refractivity contribution in [3.8, 4) is 11.3 Å². The van der Waals surface area contributed by atoms with Crippen LogP contribution in [0.5, 0.6) is 0 Å². The summed E-state index contributed by atoms with van der Waals surface area (Å²) >= 11 is 0. The van der Waals surface area contributed by atoms with Gasteiger partial charge in [0.25, 0.3) is 5.91 Å². The first-order valence-electron chi connectivity index (χ1n) is 9.90. The van der Waals surface area contributed by atoms with Crippen molar-refractivity contribution in [3.05, 3.63) is 83.9 Å². The second-order valence-corrected chi connectivity index (χ2v) is 7.08. The number of imidazole rings is 1. The van der Waals surface area contributed by atoms with Crippen molar-refractivity contribution in [1.82, 2.24) is 19.9 Å². The van der Waals surface area contributed by atoms with Gasteiger partial charge < -0.3 is 9.88 Å². The molecule has 146 valence electrons. The number of carbonyl (C=O) groups excluding carboxylic acids is 1. The van der Waals surface area contributed by atoms with Gasteiger partial charge in [0.15, 0.2) is 0 Å². The highest BCUT2D eigenvalue weighted by Gasteiger charge is 2.14. The van der Waals surface area contributed by atoms with E-state index in [1.165, 1.54) is 5.56 Å². The van der Waals surface area contributed by atoms with Crippen LogP contribution >= 0.6 is 0 Å². The molecular formula is C24H24N4O. The van der Waals surface area contributed by atoms with Crippen LogP contribution in [0.15, 0.2) is 67.0 Å². The van der Waals surface area contributed by atoms with Crippen LogP contribution < -0.4 is 5.32 Å². The molecule has 0 bridgehead atoms. The van der Waals surface area contributed by atoms with E-state index in [-0.39, 0.29) is 5.91 Å². The summed E-state index contributed by atoms with van der Waals surface area (Å²) in [5, 5.41) is 3.91. The van der Waals surface area contributed by atoms with Gasteiger partial charge in [0.2, 0.25) is 0 Å². The number of nitrogens with one attached hydrogen (secondary N) is 1. The van der Waals surface area contributed by atoms with Crippen LogP contribution in [0.1, 0.15) is 28.7 Å². The van der Waals surface area contributed by atoms with E-state index in [4.69, 9.17) is 4.98 Å². The molecule has 0 atom stereocenters. The Morgan fingerprint density at radius 2 is 1.90 bits per heavy atom. The van der Waals surface area contributed by atoms with Gasteiger partial charge >= 0.3 is 0 Å². The summed E-state index contributed by atoms with van der Waals surface area (Å²) in [4.78, 5) is 22.1.